The minimum Gasteiger partial charge on any atom is -0.309 e. The maximum Gasteiger partial charge on any atom is 0.0622 e. The molecule has 0 amide bonds. The fourth-order valence-corrected chi connectivity index (χ4v) is 8.33. The highest BCUT2D eigenvalue weighted by atomic mass is 15.0. The molecular formula is C45H32N2. The largest absolute Gasteiger partial charge is 0.309 e. The number of hydrogen-bond acceptors (Lipinski definition) is 0. The number of nitrogens with zero attached hydrogens (tertiary/aromatic N) is 2. The fraction of sp³-hybridized carbons (Fsp3) is 0.0667. The van der Waals surface area contributed by atoms with Crippen molar-refractivity contribution in [2.45, 2.75) is 19.3 Å². The highest BCUT2D eigenvalue weighted by Crippen LogP contribution is 2.53. The van der Waals surface area contributed by atoms with Crippen molar-refractivity contribution in [3.8, 4) is 33.6 Å². The highest BCUT2D eigenvalue weighted by molar-refractivity contribution is 6.17. The number of aromatic nitrogens is 2. The van der Waals surface area contributed by atoms with Crippen LogP contribution in [0.4, 0.5) is 0 Å². The van der Waals surface area contributed by atoms with Gasteiger partial charge in [0.15, 0.2) is 0 Å². The first kappa shape index (κ1) is 26.4. The van der Waals surface area contributed by atoms with Gasteiger partial charge in [-0.1, -0.05) is 117 Å². The molecule has 2 aromatic heterocycles. The van der Waals surface area contributed by atoms with Gasteiger partial charge < -0.3 is 9.13 Å². The molecule has 0 aliphatic heterocycles. The molecule has 1 aliphatic carbocycles. The highest BCUT2D eigenvalue weighted by Gasteiger charge is 2.37. The molecule has 1 aliphatic rings. The smallest absolute Gasteiger partial charge is 0.0622 e. The summed E-state index contributed by atoms with van der Waals surface area (Å²) in [5.41, 5.74) is 15.2. The van der Waals surface area contributed by atoms with Gasteiger partial charge in [-0.2, -0.15) is 0 Å². The van der Waals surface area contributed by atoms with E-state index in [1.165, 1.54) is 88.4 Å². The molecule has 2 nitrogen and oxygen atoms in total. The number of hydrogen-bond donors (Lipinski definition) is 0. The van der Waals surface area contributed by atoms with E-state index in [4.69, 9.17) is 0 Å². The third-order valence-corrected chi connectivity index (χ3v) is 10.5. The topological polar surface area (TPSA) is 9.86 Å². The van der Waals surface area contributed by atoms with Crippen LogP contribution in [0.2, 0.25) is 0 Å². The molecule has 2 heteroatoms. The Kier molecular flexibility index (Phi) is 5.37. The SMILES string of the molecule is CC1(C)c2ccccc2-c2c1ccc1c3cc(-c4ccc5c(c4)c4ccccc4n5-c4ccccc4)ccc3n(-c3ccccc3)c21. The molecule has 0 spiro atoms. The fourth-order valence-electron chi connectivity index (χ4n) is 8.33. The van der Waals surface area contributed by atoms with Crippen molar-refractivity contribution in [3.05, 3.63) is 169 Å². The first-order valence-electron chi connectivity index (χ1n) is 16.5. The quantitative estimate of drug-likeness (QED) is 0.191. The summed E-state index contributed by atoms with van der Waals surface area (Å²) >= 11 is 0. The summed E-state index contributed by atoms with van der Waals surface area (Å²) in [6.45, 7) is 4.73. The van der Waals surface area contributed by atoms with E-state index in [1.807, 2.05) is 0 Å². The van der Waals surface area contributed by atoms with Crippen LogP contribution in [0.3, 0.4) is 0 Å². The molecule has 0 atom stereocenters. The number of para-hydroxylation sites is 3. The molecule has 0 saturated heterocycles. The van der Waals surface area contributed by atoms with Gasteiger partial charge in [0.05, 0.1) is 22.1 Å². The zero-order chi connectivity index (χ0) is 31.3. The Morgan fingerprint density at radius 1 is 0.404 bits per heavy atom. The zero-order valence-electron chi connectivity index (χ0n) is 26.4. The molecule has 0 N–H and O–H groups in total. The molecule has 9 aromatic rings. The van der Waals surface area contributed by atoms with Gasteiger partial charge in [0, 0.05) is 43.9 Å². The van der Waals surface area contributed by atoms with Crippen LogP contribution >= 0.6 is 0 Å². The Labute approximate surface area is 273 Å². The van der Waals surface area contributed by atoms with E-state index in [9.17, 15) is 0 Å². The Morgan fingerprint density at radius 3 is 1.68 bits per heavy atom. The molecular weight excluding hydrogens is 569 g/mol. The first-order valence-corrected chi connectivity index (χ1v) is 16.5. The lowest BCUT2D eigenvalue weighted by molar-refractivity contribution is 0.661. The number of rotatable bonds is 3. The third-order valence-electron chi connectivity index (χ3n) is 10.5. The van der Waals surface area contributed by atoms with E-state index in [0.29, 0.717) is 0 Å². The predicted octanol–water partition coefficient (Wildman–Crippen LogP) is 11.9. The molecule has 0 saturated carbocycles. The zero-order valence-corrected chi connectivity index (χ0v) is 26.4. The minimum absolute atomic E-state index is 0.0579. The molecule has 0 fully saturated rings. The van der Waals surface area contributed by atoms with Crippen molar-refractivity contribution in [2.75, 3.05) is 0 Å². The van der Waals surface area contributed by atoms with Crippen molar-refractivity contribution in [3.63, 3.8) is 0 Å². The van der Waals surface area contributed by atoms with Gasteiger partial charge in [-0.3, -0.25) is 0 Å². The lowest BCUT2D eigenvalue weighted by Crippen LogP contribution is -2.14. The van der Waals surface area contributed by atoms with Crippen molar-refractivity contribution >= 4 is 43.6 Å². The minimum atomic E-state index is -0.0579. The Morgan fingerprint density at radius 2 is 0.957 bits per heavy atom. The lowest BCUT2D eigenvalue weighted by Gasteiger charge is -2.21. The van der Waals surface area contributed by atoms with Gasteiger partial charge in [0.2, 0.25) is 0 Å². The predicted molar refractivity (Wildman–Crippen MR) is 198 cm³/mol. The number of fused-ring (bicyclic) bond motifs is 10. The monoisotopic (exact) mass is 600 g/mol. The van der Waals surface area contributed by atoms with Gasteiger partial charge in [-0.15, -0.1) is 0 Å². The van der Waals surface area contributed by atoms with Crippen molar-refractivity contribution in [1.82, 2.24) is 9.13 Å². The summed E-state index contributed by atoms with van der Waals surface area (Å²) < 4.78 is 4.87. The van der Waals surface area contributed by atoms with E-state index in [2.05, 4.69) is 181 Å². The standard InChI is InChI=1S/C45H32N2/c1-45(2)38-19-11-9-18-35(38)43-39(45)24-23-34-37-28-30(22-26-42(37)47(44(34)43)32-15-7-4-8-16-32)29-21-25-41-36(27-29)33-17-10-12-20-40(33)46(41)31-13-5-3-6-14-31/h3-28H,1-2H3. The van der Waals surface area contributed by atoms with Gasteiger partial charge >= 0.3 is 0 Å². The van der Waals surface area contributed by atoms with Crippen molar-refractivity contribution < 1.29 is 0 Å². The Hall–Kier alpha value is -5.86. The summed E-state index contributed by atoms with van der Waals surface area (Å²) in [5.74, 6) is 0. The van der Waals surface area contributed by atoms with Crippen LogP contribution in [0.1, 0.15) is 25.0 Å². The average molecular weight is 601 g/mol. The second-order valence-electron chi connectivity index (χ2n) is 13.4. The molecule has 10 rings (SSSR count). The van der Waals surface area contributed by atoms with Crippen LogP contribution in [0.5, 0.6) is 0 Å². The van der Waals surface area contributed by atoms with E-state index in [-0.39, 0.29) is 5.41 Å². The van der Waals surface area contributed by atoms with Crippen molar-refractivity contribution in [2.24, 2.45) is 0 Å². The summed E-state index contributed by atoms with van der Waals surface area (Å²) in [7, 11) is 0. The van der Waals surface area contributed by atoms with E-state index >= 15 is 0 Å². The lowest BCUT2D eigenvalue weighted by atomic mass is 9.82. The molecule has 0 unspecified atom stereocenters. The maximum atomic E-state index is 2.49. The van der Waals surface area contributed by atoms with E-state index in [0.717, 1.165) is 0 Å². The van der Waals surface area contributed by atoms with Crippen molar-refractivity contribution in [1.29, 1.82) is 0 Å². The molecule has 0 radical (unpaired) electrons. The summed E-state index contributed by atoms with van der Waals surface area (Å²) in [5, 5.41) is 5.11. The normalized spacial score (nSPS) is 13.5. The van der Waals surface area contributed by atoms with E-state index < -0.39 is 0 Å². The van der Waals surface area contributed by atoms with Gasteiger partial charge in [0.25, 0.3) is 0 Å². The van der Waals surface area contributed by atoms with Gasteiger partial charge in [-0.05, 0) is 82.4 Å². The third kappa shape index (κ3) is 3.61. The molecule has 222 valence electrons. The second kappa shape index (κ2) is 9.57. The molecule has 2 heterocycles. The Balaban J connectivity index is 1.25. The maximum absolute atomic E-state index is 2.49. The van der Waals surface area contributed by atoms with Gasteiger partial charge in [-0.25, -0.2) is 0 Å². The average Bonchev–Trinajstić information content (AvgIpc) is 3.72. The summed E-state index contributed by atoms with van der Waals surface area (Å²) in [6.07, 6.45) is 0. The van der Waals surface area contributed by atoms with Crippen LogP contribution in [0, 0.1) is 0 Å². The first-order chi connectivity index (χ1) is 23.1. The second-order valence-corrected chi connectivity index (χ2v) is 13.4. The van der Waals surface area contributed by atoms with Crippen LogP contribution < -0.4 is 0 Å². The van der Waals surface area contributed by atoms with Crippen LogP contribution in [-0.2, 0) is 5.41 Å². The van der Waals surface area contributed by atoms with Crippen LogP contribution in [-0.4, -0.2) is 9.13 Å². The van der Waals surface area contributed by atoms with Crippen LogP contribution in [0.15, 0.2) is 158 Å². The Bertz CT molecular complexity index is 2690. The van der Waals surface area contributed by atoms with E-state index in [1.54, 1.807) is 0 Å². The summed E-state index contributed by atoms with van der Waals surface area (Å²) in [4.78, 5) is 0. The molecule has 47 heavy (non-hydrogen) atoms. The molecule has 0 bridgehead atoms. The number of benzene rings is 7. The summed E-state index contributed by atoms with van der Waals surface area (Å²) in [6, 6.07) is 58.0. The van der Waals surface area contributed by atoms with Gasteiger partial charge in [0.1, 0.15) is 0 Å². The van der Waals surface area contributed by atoms with Crippen LogP contribution in [0.25, 0.3) is 77.2 Å². The molecule has 7 aromatic carbocycles.